The molecule has 4 saturated carbocycles. The zero-order chi connectivity index (χ0) is 9.76. The summed E-state index contributed by atoms with van der Waals surface area (Å²) in [6.07, 6.45) is 8.23. The van der Waals surface area contributed by atoms with E-state index in [9.17, 15) is 9.59 Å². The van der Waals surface area contributed by atoms with Crippen LogP contribution in [0.2, 0.25) is 6.04 Å². The van der Waals surface area contributed by atoms with Gasteiger partial charge in [-0.25, -0.2) is 0 Å². The van der Waals surface area contributed by atoms with Crippen LogP contribution in [0.25, 0.3) is 0 Å². The second kappa shape index (κ2) is 3.06. The van der Waals surface area contributed by atoms with E-state index in [0.717, 1.165) is 23.8 Å². The molecule has 0 atom stereocenters. The van der Waals surface area contributed by atoms with Gasteiger partial charge in [-0.05, 0) is 67.7 Å². The van der Waals surface area contributed by atoms with E-state index in [-0.39, 0.29) is 0 Å². The maximum absolute atomic E-state index is 9.27. The van der Waals surface area contributed by atoms with Crippen LogP contribution in [-0.4, -0.2) is 18.9 Å². The molecule has 2 nitrogen and oxygen atoms in total. The van der Waals surface area contributed by atoms with Gasteiger partial charge in [0.25, 0.3) is 0 Å². The van der Waals surface area contributed by atoms with E-state index in [2.05, 4.69) is 0 Å². The topological polar surface area (TPSA) is 40.5 Å². The van der Waals surface area contributed by atoms with Crippen molar-refractivity contribution in [1.29, 1.82) is 0 Å². The van der Waals surface area contributed by atoms with Crippen molar-refractivity contribution in [3.05, 3.63) is 0 Å². The molecule has 4 bridgehead atoms. The Labute approximate surface area is 87.2 Å². The second-order valence-electron chi connectivity index (χ2n) is 6.01. The smallest absolute Gasteiger partial charge is 0.379 e. The number of rotatable bonds is 2. The van der Waals surface area contributed by atoms with Gasteiger partial charge in [0.05, 0.1) is 0 Å². The van der Waals surface area contributed by atoms with Gasteiger partial charge < -0.3 is 9.59 Å². The van der Waals surface area contributed by atoms with Gasteiger partial charge in [-0.15, -0.1) is 0 Å². The van der Waals surface area contributed by atoms with Crippen molar-refractivity contribution in [2.45, 2.75) is 44.6 Å². The molecule has 4 aliphatic carbocycles. The molecule has 3 heteroatoms. The van der Waals surface area contributed by atoms with Crippen molar-refractivity contribution in [3.8, 4) is 0 Å². The molecule has 0 saturated heterocycles. The van der Waals surface area contributed by atoms with Crippen molar-refractivity contribution in [2.75, 3.05) is 0 Å². The predicted molar refractivity (Wildman–Crippen MR) is 55.6 cm³/mol. The molecule has 4 fully saturated rings. The lowest BCUT2D eigenvalue weighted by Crippen LogP contribution is -2.47. The summed E-state index contributed by atoms with van der Waals surface area (Å²) >= 11 is 0. The van der Waals surface area contributed by atoms with Crippen molar-refractivity contribution in [1.82, 2.24) is 0 Å². The molecule has 0 amide bonds. The van der Waals surface area contributed by atoms with E-state index >= 15 is 0 Å². The molecule has 0 aromatic carbocycles. The Morgan fingerprint density at radius 2 is 1.36 bits per heavy atom. The van der Waals surface area contributed by atoms with Crippen LogP contribution in [0.3, 0.4) is 0 Å². The van der Waals surface area contributed by atoms with Gasteiger partial charge in [-0.3, -0.25) is 0 Å². The Hall–Kier alpha value is 0.137. The summed E-state index contributed by atoms with van der Waals surface area (Å²) < 4.78 is 0. The van der Waals surface area contributed by atoms with Crippen molar-refractivity contribution < 1.29 is 9.59 Å². The Morgan fingerprint density at radius 3 is 1.71 bits per heavy atom. The van der Waals surface area contributed by atoms with E-state index in [4.69, 9.17) is 0 Å². The summed E-state index contributed by atoms with van der Waals surface area (Å²) in [5.74, 6) is 2.80. The van der Waals surface area contributed by atoms with E-state index in [1.54, 1.807) is 0 Å². The van der Waals surface area contributed by atoms with E-state index in [1.807, 2.05) is 0 Å². The molecule has 0 heterocycles. The van der Waals surface area contributed by atoms with Crippen LogP contribution in [0.5, 0.6) is 0 Å². The van der Waals surface area contributed by atoms with Crippen LogP contribution in [0.1, 0.15) is 38.5 Å². The fraction of sp³-hybridized carbons (Fsp3) is 1.00. The lowest BCUT2D eigenvalue weighted by Gasteiger charge is -2.57. The molecule has 0 unspecified atom stereocenters. The van der Waals surface area contributed by atoms with Gasteiger partial charge in [0.2, 0.25) is 0 Å². The van der Waals surface area contributed by atoms with Crippen LogP contribution in [0.4, 0.5) is 0 Å². The first-order chi connectivity index (χ1) is 6.65. The molecule has 1 radical (unpaired) electrons. The van der Waals surface area contributed by atoms with E-state index in [1.165, 1.54) is 38.5 Å². The quantitative estimate of drug-likeness (QED) is 0.682. The van der Waals surface area contributed by atoms with Gasteiger partial charge in [-0.1, -0.05) is 0 Å². The number of hydrogen-bond donors (Lipinski definition) is 2. The monoisotopic (exact) mass is 211 g/mol. The molecule has 14 heavy (non-hydrogen) atoms. The zero-order valence-electron chi connectivity index (χ0n) is 8.58. The lowest BCUT2D eigenvalue weighted by molar-refractivity contribution is -0.0439. The summed E-state index contributed by atoms with van der Waals surface area (Å²) in [7, 11) is -2.00. The Morgan fingerprint density at radius 1 is 0.929 bits per heavy atom. The fourth-order valence-electron chi connectivity index (χ4n) is 4.84. The normalized spacial score (nSPS) is 50.4. The Kier molecular flexibility index (Phi) is 2.05. The highest BCUT2D eigenvalue weighted by Crippen LogP contribution is 2.61. The summed E-state index contributed by atoms with van der Waals surface area (Å²) in [6.45, 7) is 0. The fourth-order valence-corrected chi connectivity index (χ4v) is 5.95. The lowest BCUT2D eigenvalue weighted by atomic mass is 9.50. The highest BCUT2D eigenvalue weighted by molar-refractivity contribution is 6.41. The largest absolute Gasteiger partial charge is 0.410 e. The van der Waals surface area contributed by atoms with Crippen LogP contribution in [-0.2, 0) is 0 Å². The second-order valence-corrected chi connectivity index (χ2v) is 7.20. The summed E-state index contributed by atoms with van der Waals surface area (Å²) in [5, 5.41) is 0. The number of hydrogen-bond acceptors (Lipinski definition) is 2. The van der Waals surface area contributed by atoms with Crippen molar-refractivity contribution in [3.63, 3.8) is 0 Å². The average Bonchev–Trinajstić information content (AvgIpc) is 1.96. The minimum absolute atomic E-state index is 0.368. The first kappa shape index (κ1) is 9.37. The third kappa shape index (κ3) is 1.46. The third-order valence-corrected chi connectivity index (χ3v) is 5.76. The molecule has 0 aliphatic heterocycles. The standard InChI is InChI=1S/C11H19O2Si/c12-14(13)7-11-4-8-1-9(5-11)3-10(2-8)6-11/h8-10,12-13H,1-7H2. The van der Waals surface area contributed by atoms with Crippen molar-refractivity contribution >= 4 is 9.28 Å². The molecular formula is C11H19O2Si. The summed E-state index contributed by atoms with van der Waals surface area (Å²) in [4.78, 5) is 18.5. The predicted octanol–water partition coefficient (Wildman–Crippen LogP) is 1.68. The minimum Gasteiger partial charge on any atom is -0.410 e. The molecule has 0 spiro atoms. The van der Waals surface area contributed by atoms with Crippen LogP contribution in [0, 0.1) is 23.2 Å². The summed E-state index contributed by atoms with van der Waals surface area (Å²) in [6, 6.07) is 0.737. The maximum atomic E-state index is 9.27. The van der Waals surface area contributed by atoms with Gasteiger partial charge in [0.15, 0.2) is 0 Å². The third-order valence-electron chi connectivity index (χ3n) is 4.70. The Balaban J connectivity index is 1.80. The van der Waals surface area contributed by atoms with E-state index in [0.29, 0.717) is 5.41 Å². The summed E-state index contributed by atoms with van der Waals surface area (Å²) in [5.41, 5.74) is 0.368. The first-order valence-corrected chi connectivity index (χ1v) is 7.49. The van der Waals surface area contributed by atoms with Gasteiger partial charge in [0, 0.05) is 0 Å². The highest BCUT2D eigenvalue weighted by atomic mass is 28.3. The molecular weight excluding hydrogens is 192 g/mol. The van der Waals surface area contributed by atoms with Gasteiger partial charge >= 0.3 is 9.28 Å². The van der Waals surface area contributed by atoms with E-state index < -0.39 is 9.28 Å². The minimum atomic E-state index is -2.00. The molecule has 79 valence electrons. The SMILES string of the molecule is O[Si](O)CC12CC3CC(CC(C3)C1)C2. The van der Waals surface area contributed by atoms with Crippen LogP contribution >= 0.6 is 0 Å². The molecule has 2 N–H and O–H groups in total. The van der Waals surface area contributed by atoms with Crippen molar-refractivity contribution in [2.24, 2.45) is 23.2 Å². The average molecular weight is 211 g/mol. The zero-order valence-corrected chi connectivity index (χ0v) is 9.58. The highest BCUT2D eigenvalue weighted by Gasteiger charge is 2.51. The molecule has 0 aromatic heterocycles. The molecule has 4 rings (SSSR count). The first-order valence-electron chi connectivity index (χ1n) is 5.89. The molecule has 0 aromatic rings. The van der Waals surface area contributed by atoms with Crippen LogP contribution in [0.15, 0.2) is 0 Å². The maximum Gasteiger partial charge on any atom is 0.379 e. The van der Waals surface area contributed by atoms with Gasteiger partial charge in [0.1, 0.15) is 0 Å². The Bertz CT molecular complexity index is 198. The van der Waals surface area contributed by atoms with Gasteiger partial charge in [-0.2, -0.15) is 0 Å². The molecule has 4 aliphatic rings. The van der Waals surface area contributed by atoms with Crippen LogP contribution < -0.4 is 0 Å².